The van der Waals surface area contributed by atoms with Crippen LogP contribution in [-0.2, 0) is 0 Å². The second-order valence-electron chi connectivity index (χ2n) is 4.40. The fourth-order valence-corrected chi connectivity index (χ4v) is 1.97. The van der Waals surface area contributed by atoms with Crippen molar-refractivity contribution in [3.8, 4) is 11.4 Å². The molecule has 0 saturated carbocycles. The zero-order valence-corrected chi connectivity index (χ0v) is 11.0. The summed E-state index contributed by atoms with van der Waals surface area (Å²) in [6.07, 6.45) is 9.15. The lowest BCUT2D eigenvalue weighted by atomic mass is 10.1. The summed E-state index contributed by atoms with van der Waals surface area (Å²) in [6, 6.07) is 8.15. The van der Waals surface area contributed by atoms with E-state index < -0.39 is 0 Å². The van der Waals surface area contributed by atoms with Crippen LogP contribution in [0.15, 0.2) is 43.0 Å². The van der Waals surface area contributed by atoms with Crippen LogP contribution in [-0.4, -0.2) is 15.7 Å². The molecular weight excluding hydrogens is 224 g/mol. The maximum absolute atomic E-state index is 5.95. The summed E-state index contributed by atoms with van der Waals surface area (Å²) in [5, 5.41) is 0. The van der Waals surface area contributed by atoms with Gasteiger partial charge in [0.1, 0.15) is 5.75 Å². The SMILES string of the molecule is CCCC(CC)Oc1ccc(-n2ccnc2)cc1. The maximum Gasteiger partial charge on any atom is 0.119 e. The van der Waals surface area contributed by atoms with E-state index in [0.29, 0.717) is 6.10 Å². The third kappa shape index (κ3) is 3.13. The molecule has 0 amide bonds. The van der Waals surface area contributed by atoms with Crippen LogP contribution < -0.4 is 4.74 Å². The Morgan fingerprint density at radius 1 is 1.22 bits per heavy atom. The number of benzene rings is 1. The maximum atomic E-state index is 5.95. The van der Waals surface area contributed by atoms with Crippen molar-refractivity contribution < 1.29 is 4.74 Å². The molecule has 1 unspecified atom stereocenters. The summed E-state index contributed by atoms with van der Waals surface area (Å²) in [5.74, 6) is 0.944. The van der Waals surface area contributed by atoms with E-state index in [1.807, 2.05) is 22.9 Å². The Kier molecular flexibility index (Phi) is 4.40. The highest BCUT2D eigenvalue weighted by molar-refractivity contribution is 5.37. The van der Waals surface area contributed by atoms with Crippen LogP contribution in [0, 0.1) is 0 Å². The lowest BCUT2D eigenvalue weighted by Gasteiger charge is -2.17. The molecule has 0 aliphatic rings. The highest BCUT2D eigenvalue weighted by Gasteiger charge is 2.06. The lowest BCUT2D eigenvalue weighted by molar-refractivity contribution is 0.186. The van der Waals surface area contributed by atoms with E-state index in [9.17, 15) is 0 Å². The standard InChI is InChI=1S/C15H20N2O/c1-3-5-14(4-2)18-15-8-6-13(7-9-15)17-11-10-16-12-17/h6-12,14H,3-5H2,1-2H3. The minimum absolute atomic E-state index is 0.328. The number of nitrogens with zero attached hydrogens (tertiary/aromatic N) is 2. The first-order valence-electron chi connectivity index (χ1n) is 6.58. The second-order valence-corrected chi connectivity index (χ2v) is 4.40. The van der Waals surface area contributed by atoms with Gasteiger partial charge in [-0.05, 0) is 37.1 Å². The van der Waals surface area contributed by atoms with Crippen molar-refractivity contribution in [2.45, 2.75) is 39.2 Å². The van der Waals surface area contributed by atoms with E-state index in [-0.39, 0.29) is 0 Å². The summed E-state index contributed by atoms with van der Waals surface area (Å²) < 4.78 is 7.93. The Hall–Kier alpha value is -1.77. The molecule has 2 aromatic rings. The Morgan fingerprint density at radius 2 is 2.00 bits per heavy atom. The molecule has 0 fully saturated rings. The molecular formula is C15H20N2O. The third-order valence-corrected chi connectivity index (χ3v) is 3.01. The van der Waals surface area contributed by atoms with Crippen LogP contribution >= 0.6 is 0 Å². The molecule has 0 radical (unpaired) electrons. The van der Waals surface area contributed by atoms with Gasteiger partial charge in [-0.2, -0.15) is 0 Å². The lowest BCUT2D eigenvalue weighted by Crippen LogP contribution is -2.14. The molecule has 3 heteroatoms. The van der Waals surface area contributed by atoms with E-state index in [4.69, 9.17) is 4.74 Å². The molecule has 0 N–H and O–H groups in total. The topological polar surface area (TPSA) is 27.1 Å². The Labute approximate surface area is 108 Å². The van der Waals surface area contributed by atoms with Crippen molar-refractivity contribution in [2.24, 2.45) is 0 Å². The van der Waals surface area contributed by atoms with Crippen molar-refractivity contribution in [1.82, 2.24) is 9.55 Å². The summed E-state index contributed by atoms with van der Waals surface area (Å²) in [4.78, 5) is 4.04. The zero-order chi connectivity index (χ0) is 12.8. The molecule has 0 bridgehead atoms. The molecule has 0 spiro atoms. The Morgan fingerprint density at radius 3 is 2.56 bits per heavy atom. The van der Waals surface area contributed by atoms with Crippen molar-refractivity contribution in [1.29, 1.82) is 0 Å². The van der Waals surface area contributed by atoms with Crippen molar-refractivity contribution in [2.75, 3.05) is 0 Å². The van der Waals surface area contributed by atoms with Crippen molar-refractivity contribution >= 4 is 0 Å². The summed E-state index contributed by atoms with van der Waals surface area (Å²) in [7, 11) is 0. The van der Waals surface area contributed by atoms with E-state index in [1.54, 1.807) is 12.5 Å². The van der Waals surface area contributed by atoms with E-state index in [1.165, 1.54) is 0 Å². The molecule has 18 heavy (non-hydrogen) atoms. The van der Waals surface area contributed by atoms with E-state index >= 15 is 0 Å². The number of ether oxygens (including phenoxy) is 1. The van der Waals surface area contributed by atoms with Crippen LogP contribution in [0.25, 0.3) is 5.69 Å². The summed E-state index contributed by atoms with van der Waals surface area (Å²) in [5.41, 5.74) is 1.10. The number of hydrogen-bond acceptors (Lipinski definition) is 2. The minimum atomic E-state index is 0.328. The van der Waals surface area contributed by atoms with Gasteiger partial charge in [0.15, 0.2) is 0 Å². The number of aromatic nitrogens is 2. The van der Waals surface area contributed by atoms with Gasteiger partial charge in [0.25, 0.3) is 0 Å². The third-order valence-electron chi connectivity index (χ3n) is 3.01. The number of rotatable bonds is 6. The molecule has 96 valence electrons. The molecule has 1 aromatic heterocycles. The van der Waals surface area contributed by atoms with Crippen LogP contribution in [0.4, 0.5) is 0 Å². The van der Waals surface area contributed by atoms with Gasteiger partial charge in [-0.25, -0.2) is 4.98 Å². The monoisotopic (exact) mass is 244 g/mol. The van der Waals surface area contributed by atoms with Gasteiger partial charge < -0.3 is 9.30 Å². The van der Waals surface area contributed by atoms with Crippen molar-refractivity contribution in [3.05, 3.63) is 43.0 Å². The largest absolute Gasteiger partial charge is 0.490 e. The first kappa shape index (κ1) is 12.7. The molecule has 1 aromatic carbocycles. The average molecular weight is 244 g/mol. The van der Waals surface area contributed by atoms with Gasteiger partial charge in [0.05, 0.1) is 12.4 Å². The predicted octanol–water partition coefficient (Wildman–Crippen LogP) is 3.83. The first-order chi connectivity index (χ1) is 8.83. The Balaban J connectivity index is 2.03. The molecule has 0 aliphatic carbocycles. The van der Waals surface area contributed by atoms with Crippen molar-refractivity contribution in [3.63, 3.8) is 0 Å². The zero-order valence-electron chi connectivity index (χ0n) is 11.0. The number of imidazole rings is 1. The second kappa shape index (κ2) is 6.24. The van der Waals surface area contributed by atoms with Gasteiger partial charge >= 0.3 is 0 Å². The van der Waals surface area contributed by atoms with E-state index in [0.717, 1.165) is 30.7 Å². The minimum Gasteiger partial charge on any atom is -0.490 e. The van der Waals surface area contributed by atoms with Crippen LogP contribution in [0.2, 0.25) is 0 Å². The highest BCUT2D eigenvalue weighted by Crippen LogP contribution is 2.18. The quantitative estimate of drug-likeness (QED) is 0.772. The summed E-state index contributed by atoms with van der Waals surface area (Å²) >= 11 is 0. The van der Waals surface area contributed by atoms with E-state index in [2.05, 4.69) is 31.0 Å². The number of hydrogen-bond donors (Lipinski definition) is 0. The predicted molar refractivity (Wildman–Crippen MR) is 73.2 cm³/mol. The van der Waals surface area contributed by atoms with Crippen LogP contribution in [0.3, 0.4) is 0 Å². The fourth-order valence-electron chi connectivity index (χ4n) is 1.97. The molecule has 0 aliphatic heterocycles. The van der Waals surface area contributed by atoms with Gasteiger partial charge in [0, 0.05) is 18.1 Å². The van der Waals surface area contributed by atoms with Gasteiger partial charge in [-0.3, -0.25) is 0 Å². The molecule has 1 heterocycles. The Bertz CT molecular complexity index is 448. The first-order valence-corrected chi connectivity index (χ1v) is 6.58. The molecule has 2 rings (SSSR count). The highest BCUT2D eigenvalue weighted by atomic mass is 16.5. The smallest absolute Gasteiger partial charge is 0.119 e. The van der Waals surface area contributed by atoms with Crippen LogP contribution in [0.5, 0.6) is 5.75 Å². The molecule has 3 nitrogen and oxygen atoms in total. The van der Waals surface area contributed by atoms with Gasteiger partial charge in [-0.15, -0.1) is 0 Å². The molecule has 1 atom stereocenters. The fraction of sp³-hybridized carbons (Fsp3) is 0.400. The van der Waals surface area contributed by atoms with Gasteiger partial charge in [0.2, 0.25) is 0 Å². The van der Waals surface area contributed by atoms with Crippen LogP contribution in [0.1, 0.15) is 33.1 Å². The summed E-state index contributed by atoms with van der Waals surface area (Å²) in [6.45, 7) is 4.36. The molecule has 0 saturated heterocycles. The van der Waals surface area contributed by atoms with Gasteiger partial charge in [-0.1, -0.05) is 20.3 Å². The normalized spacial score (nSPS) is 12.3. The average Bonchev–Trinajstić information content (AvgIpc) is 2.93.